The number of benzene rings is 1. The summed E-state index contributed by atoms with van der Waals surface area (Å²) in [5, 5.41) is 12.9. The maximum absolute atomic E-state index is 9.56. The predicted molar refractivity (Wildman–Crippen MR) is 53.0 cm³/mol. The first-order valence-corrected chi connectivity index (χ1v) is 3.91. The predicted octanol–water partition coefficient (Wildman–Crippen LogP) is 0.702. The Morgan fingerprint density at radius 2 is 2.07 bits per heavy atom. The monoisotopic (exact) mass is 196 g/mol. The largest absolute Gasteiger partial charge is 0.507 e. The highest BCUT2D eigenvalue weighted by Gasteiger charge is 2.09. The van der Waals surface area contributed by atoms with E-state index in [0.29, 0.717) is 17.1 Å². The van der Waals surface area contributed by atoms with Crippen LogP contribution in [0.5, 0.6) is 17.2 Å². The molecule has 3 N–H and O–H groups in total. The van der Waals surface area contributed by atoms with E-state index < -0.39 is 0 Å². The van der Waals surface area contributed by atoms with Gasteiger partial charge in [-0.1, -0.05) is 0 Å². The van der Waals surface area contributed by atoms with Gasteiger partial charge in [-0.05, 0) is 0 Å². The third-order valence-electron chi connectivity index (χ3n) is 1.75. The van der Waals surface area contributed by atoms with Crippen molar-refractivity contribution in [1.29, 1.82) is 0 Å². The van der Waals surface area contributed by atoms with Crippen molar-refractivity contribution in [2.45, 2.75) is 0 Å². The number of hydrazone groups is 1. The molecule has 14 heavy (non-hydrogen) atoms. The lowest BCUT2D eigenvalue weighted by Crippen LogP contribution is -1.95. The highest BCUT2D eigenvalue weighted by Crippen LogP contribution is 2.31. The second kappa shape index (κ2) is 4.36. The minimum absolute atomic E-state index is 0.00963. The molecule has 0 aliphatic carbocycles. The molecule has 0 saturated heterocycles. The van der Waals surface area contributed by atoms with Crippen LogP contribution in [0.1, 0.15) is 5.56 Å². The van der Waals surface area contributed by atoms with E-state index in [9.17, 15) is 5.11 Å². The van der Waals surface area contributed by atoms with E-state index in [0.717, 1.165) is 0 Å². The van der Waals surface area contributed by atoms with Crippen molar-refractivity contribution in [2.24, 2.45) is 10.9 Å². The molecule has 5 heteroatoms. The Morgan fingerprint density at radius 1 is 1.36 bits per heavy atom. The molecule has 76 valence electrons. The van der Waals surface area contributed by atoms with Gasteiger partial charge in [-0.25, -0.2) is 0 Å². The highest BCUT2D eigenvalue weighted by molar-refractivity contribution is 5.87. The first kappa shape index (κ1) is 10.2. The molecule has 0 radical (unpaired) electrons. The summed E-state index contributed by atoms with van der Waals surface area (Å²) in [6, 6.07) is 3.09. The van der Waals surface area contributed by atoms with Gasteiger partial charge in [-0.3, -0.25) is 0 Å². The Bertz CT molecular complexity index is 350. The number of methoxy groups -OCH3 is 2. The Morgan fingerprint density at radius 3 is 2.57 bits per heavy atom. The summed E-state index contributed by atoms with van der Waals surface area (Å²) < 4.78 is 9.99. The van der Waals surface area contributed by atoms with Gasteiger partial charge in [-0.2, -0.15) is 5.10 Å². The van der Waals surface area contributed by atoms with Crippen molar-refractivity contribution < 1.29 is 14.6 Å². The van der Waals surface area contributed by atoms with Gasteiger partial charge >= 0.3 is 0 Å². The van der Waals surface area contributed by atoms with Crippen LogP contribution in [0.3, 0.4) is 0 Å². The zero-order chi connectivity index (χ0) is 10.6. The maximum Gasteiger partial charge on any atom is 0.135 e. The standard InChI is InChI=1S/C9H12N2O3/c1-13-6-3-8(12)7(5-11-10)9(4-6)14-2/h3-5,12H,10H2,1-2H3. The molecule has 1 rings (SSSR count). The number of nitrogens with two attached hydrogens (primary N) is 1. The van der Waals surface area contributed by atoms with Gasteiger partial charge in [-0.15, -0.1) is 0 Å². The third-order valence-corrected chi connectivity index (χ3v) is 1.75. The number of hydrogen-bond acceptors (Lipinski definition) is 5. The van der Waals surface area contributed by atoms with Crippen LogP contribution in [0.15, 0.2) is 17.2 Å². The zero-order valence-corrected chi connectivity index (χ0v) is 8.02. The van der Waals surface area contributed by atoms with Gasteiger partial charge in [0.25, 0.3) is 0 Å². The fourth-order valence-electron chi connectivity index (χ4n) is 1.08. The van der Waals surface area contributed by atoms with Crippen LogP contribution in [0, 0.1) is 0 Å². The molecule has 1 aromatic rings. The molecule has 0 saturated carbocycles. The number of hydrogen-bond donors (Lipinski definition) is 2. The maximum atomic E-state index is 9.56. The van der Waals surface area contributed by atoms with E-state index in [-0.39, 0.29) is 5.75 Å². The van der Waals surface area contributed by atoms with Crippen molar-refractivity contribution >= 4 is 6.21 Å². The normalized spacial score (nSPS) is 10.4. The topological polar surface area (TPSA) is 77.1 Å². The van der Waals surface area contributed by atoms with E-state index in [1.165, 1.54) is 26.5 Å². The molecule has 0 aromatic heterocycles. The summed E-state index contributed by atoms with van der Waals surface area (Å²) in [6.07, 6.45) is 1.31. The number of rotatable bonds is 3. The second-order valence-corrected chi connectivity index (χ2v) is 2.54. The van der Waals surface area contributed by atoms with Crippen LogP contribution < -0.4 is 15.3 Å². The van der Waals surface area contributed by atoms with E-state index >= 15 is 0 Å². The van der Waals surface area contributed by atoms with Crippen LogP contribution >= 0.6 is 0 Å². The number of phenols is 1. The lowest BCUT2D eigenvalue weighted by molar-refractivity contribution is 0.384. The second-order valence-electron chi connectivity index (χ2n) is 2.54. The van der Waals surface area contributed by atoms with E-state index in [2.05, 4.69) is 5.10 Å². The SMILES string of the molecule is COc1cc(O)c(C=NN)c(OC)c1. The summed E-state index contributed by atoms with van der Waals surface area (Å²) in [6.45, 7) is 0. The van der Waals surface area contributed by atoms with Crippen LogP contribution in [0.2, 0.25) is 0 Å². The quantitative estimate of drug-likeness (QED) is 0.424. The number of aromatic hydroxyl groups is 1. The van der Waals surface area contributed by atoms with Crippen LogP contribution in [-0.2, 0) is 0 Å². The number of nitrogens with zero attached hydrogens (tertiary/aromatic N) is 1. The van der Waals surface area contributed by atoms with Gasteiger partial charge in [0.2, 0.25) is 0 Å². The molecule has 5 nitrogen and oxygen atoms in total. The molecule has 0 aliphatic heterocycles. The average Bonchev–Trinajstić information content (AvgIpc) is 2.20. The Labute approximate surface area is 81.8 Å². The number of phenolic OH excluding ortho intramolecular Hbond substituents is 1. The summed E-state index contributed by atoms with van der Waals surface area (Å²) in [5.41, 5.74) is 0.427. The Hall–Kier alpha value is -1.91. The highest BCUT2D eigenvalue weighted by atomic mass is 16.5. The lowest BCUT2D eigenvalue weighted by atomic mass is 10.2. The van der Waals surface area contributed by atoms with Crippen molar-refractivity contribution in [2.75, 3.05) is 14.2 Å². The molecule has 0 bridgehead atoms. The molecule has 0 amide bonds. The van der Waals surface area contributed by atoms with Crippen molar-refractivity contribution in [3.63, 3.8) is 0 Å². The van der Waals surface area contributed by atoms with E-state index in [1.54, 1.807) is 6.07 Å². The first-order chi connectivity index (χ1) is 6.72. The fourth-order valence-corrected chi connectivity index (χ4v) is 1.08. The molecule has 0 heterocycles. The first-order valence-electron chi connectivity index (χ1n) is 3.91. The zero-order valence-electron chi connectivity index (χ0n) is 8.02. The molecule has 0 spiro atoms. The molecular weight excluding hydrogens is 184 g/mol. The Balaban J connectivity index is 3.27. The summed E-state index contributed by atoms with van der Waals surface area (Å²) in [5.74, 6) is 5.97. The van der Waals surface area contributed by atoms with Crippen LogP contribution in [0.25, 0.3) is 0 Å². The van der Waals surface area contributed by atoms with Crippen LogP contribution in [-0.4, -0.2) is 25.5 Å². The van der Waals surface area contributed by atoms with Gasteiger partial charge in [0.05, 0.1) is 26.0 Å². The summed E-state index contributed by atoms with van der Waals surface area (Å²) >= 11 is 0. The van der Waals surface area contributed by atoms with Crippen molar-refractivity contribution in [1.82, 2.24) is 0 Å². The minimum Gasteiger partial charge on any atom is -0.507 e. The lowest BCUT2D eigenvalue weighted by Gasteiger charge is -2.08. The Kier molecular flexibility index (Phi) is 3.17. The van der Waals surface area contributed by atoms with Crippen LogP contribution in [0.4, 0.5) is 0 Å². The van der Waals surface area contributed by atoms with Gasteiger partial charge in [0.1, 0.15) is 17.2 Å². The summed E-state index contributed by atoms with van der Waals surface area (Å²) in [7, 11) is 2.99. The molecule has 1 aromatic carbocycles. The van der Waals surface area contributed by atoms with Crippen molar-refractivity contribution in [3.05, 3.63) is 17.7 Å². The minimum atomic E-state index is 0.00963. The molecule has 0 unspecified atom stereocenters. The van der Waals surface area contributed by atoms with E-state index in [1.807, 2.05) is 0 Å². The molecule has 0 atom stereocenters. The number of ether oxygens (including phenoxy) is 2. The molecular formula is C9H12N2O3. The van der Waals surface area contributed by atoms with Gasteiger partial charge in [0, 0.05) is 12.1 Å². The van der Waals surface area contributed by atoms with Gasteiger partial charge < -0.3 is 20.4 Å². The van der Waals surface area contributed by atoms with Crippen molar-refractivity contribution in [3.8, 4) is 17.2 Å². The summed E-state index contributed by atoms with van der Waals surface area (Å²) in [4.78, 5) is 0. The third kappa shape index (κ3) is 1.87. The molecule has 0 aliphatic rings. The fraction of sp³-hybridized carbons (Fsp3) is 0.222. The molecule has 0 fully saturated rings. The smallest absolute Gasteiger partial charge is 0.135 e. The van der Waals surface area contributed by atoms with Gasteiger partial charge in [0.15, 0.2) is 0 Å². The average molecular weight is 196 g/mol. The van der Waals surface area contributed by atoms with E-state index in [4.69, 9.17) is 15.3 Å².